The highest BCUT2D eigenvalue weighted by Crippen LogP contribution is 2.18. The molecule has 2 aliphatic heterocycles. The molecule has 2 fully saturated rings. The van der Waals surface area contributed by atoms with Crippen molar-refractivity contribution in [3.63, 3.8) is 0 Å². The van der Waals surface area contributed by atoms with Crippen molar-refractivity contribution >= 4 is 41.7 Å². The van der Waals surface area contributed by atoms with Gasteiger partial charge in [0.05, 0.1) is 13.2 Å². The molecule has 1 aromatic heterocycles. The van der Waals surface area contributed by atoms with Gasteiger partial charge >= 0.3 is 0 Å². The molecule has 9 heteroatoms. The quantitative estimate of drug-likeness (QED) is 0.351. The van der Waals surface area contributed by atoms with Crippen LogP contribution in [-0.2, 0) is 16.1 Å². The summed E-state index contributed by atoms with van der Waals surface area (Å²) >= 11 is 0. The van der Waals surface area contributed by atoms with Crippen LogP contribution in [0.25, 0.3) is 0 Å². The number of morpholine rings is 1. The minimum atomic E-state index is 0. The number of pyridine rings is 1. The molecule has 1 unspecified atom stereocenters. The second-order valence-electron chi connectivity index (χ2n) is 7.58. The van der Waals surface area contributed by atoms with Crippen LogP contribution in [-0.4, -0.2) is 74.2 Å². The zero-order chi connectivity index (χ0) is 19.9. The number of halogens is 1. The molecule has 2 saturated heterocycles. The molecule has 8 nitrogen and oxygen atoms in total. The Kier molecular flexibility index (Phi) is 9.41. The van der Waals surface area contributed by atoms with Gasteiger partial charge in [0, 0.05) is 63.5 Å². The van der Waals surface area contributed by atoms with Crippen molar-refractivity contribution in [3.05, 3.63) is 23.9 Å². The summed E-state index contributed by atoms with van der Waals surface area (Å²) in [6.45, 7) is 9.26. The Morgan fingerprint density at radius 2 is 2.10 bits per heavy atom. The van der Waals surface area contributed by atoms with Gasteiger partial charge in [-0.3, -0.25) is 9.79 Å². The summed E-state index contributed by atoms with van der Waals surface area (Å²) in [4.78, 5) is 25.3. The number of hydrogen-bond acceptors (Lipinski definition) is 5. The van der Waals surface area contributed by atoms with E-state index in [0.29, 0.717) is 6.54 Å². The average Bonchev–Trinajstić information content (AvgIpc) is 3.19. The maximum absolute atomic E-state index is 12.2. The van der Waals surface area contributed by atoms with Gasteiger partial charge in [-0.15, -0.1) is 24.0 Å². The molecular weight excluding hydrogens is 483 g/mol. The number of hydrogen-bond donors (Lipinski definition) is 2. The first-order chi connectivity index (χ1) is 13.6. The number of aliphatic imine (C=N–C) groups is 1. The van der Waals surface area contributed by atoms with Crippen LogP contribution in [0.1, 0.15) is 25.8 Å². The molecule has 1 amide bonds. The largest absolute Gasteiger partial charge is 0.378 e. The number of guanidine groups is 1. The fraction of sp³-hybridized carbons (Fsp3) is 0.650. The van der Waals surface area contributed by atoms with Crippen LogP contribution < -0.4 is 15.5 Å². The Hall–Kier alpha value is -1.62. The summed E-state index contributed by atoms with van der Waals surface area (Å²) in [7, 11) is 1.77. The lowest BCUT2D eigenvalue weighted by Crippen LogP contribution is -2.45. The average molecular weight is 516 g/mol. The van der Waals surface area contributed by atoms with Crippen molar-refractivity contribution < 1.29 is 9.53 Å². The third kappa shape index (κ3) is 6.43. The van der Waals surface area contributed by atoms with E-state index in [1.165, 1.54) is 0 Å². The van der Waals surface area contributed by atoms with Crippen molar-refractivity contribution in [2.45, 2.75) is 32.9 Å². The van der Waals surface area contributed by atoms with Crippen molar-refractivity contribution in [2.75, 3.05) is 51.3 Å². The van der Waals surface area contributed by atoms with E-state index in [2.05, 4.69) is 31.6 Å². The van der Waals surface area contributed by atoms with Crippen molar-refractivity contribution in [3.8, 4) is 0 Å². The fourth-order valence-electron chi connectivity index (χ4n) is 3.64. The van der Waals surface area contributed by atoms with E-state index < -0.39 is 0 Å². The molecule has 0 spiro atoms. The minimum Gasteiger partial charge on any atom is -0.378 e. The molecule has 162 valence electrons. The first kappa shape index (κ1) is 23.7. The molecule has 0 saturated carbocycles. The van der Waals surface area contributed by atoms with Crippen molar-refractivity contribution in [2.24, 2.45) is 10.9 Å². The van der Waals surface area contributed by atoms with E-state index in [0.717, 1.165) is 63.2 Å². The number of carbonyl (C=O) groups excluding carboxylic acids is 1. The van der Waals surface area contributed by atoms with Gasteiger partial charge in [-0.2, -0.15) is 0 Å². The van der Waals surface area contributed by atoms with E-state index in [4.69, 9.17) is 4.74 Å². The lowest BCUT2D eigenvalue weighted by atomic mass is 10.2. The number of rotatable bonds is 5. The molecule has 2 aliphatic rings. The van der Waals surface area contributed by atoms with Crippen LogP contribution in [0.3, 0.4) is 0 Å². The van der Waals surface area contributed by atoms with Gasteiger partial charge in [0.2, 0.25) is 5.91 Å². The van der Waals surface area contributed by atoms with Crippen LogP contribution in [0.2, 0.25) is 0 Å². The number of ether oxygens (including phenoxy) is 1. The smallest absolute Gasteiger partial charge is 0.225 e. The van der Waals surface area contributed by atoms with E-state index >= 15 is 0 Å². The van der Waals surface area contributed by atoms with Crippen LogP contribution in [0.4, 0.5) is 5.82 Å². The lowest BCUT2D eigenvalue weighted by Gasteiger charge is -2.29. The molecule has 3 heterocycles. The first-order valence-electron chi connectivity index (χ1n) is 10.1. The molecule has 2 N–H and O–H groups in total. The van der Waals surface area contributed by atoms with Crippen LogP contribution >= 0.6 is 24.0 Å². The third-order valence-electron chi connectivity index (χ3n) is 5.18. The zero-order valence-electron chi connectivity index (χ0n) is 17.6. The SMILES string of the molecule is CN=C(NCc1cccnc1N1CCOCC1)NC1CCN(C(=O)C(C)C)C1.I. The molecule has 0 radical (unpaired) electrons. The lowest BCUT2D eigenvalue weighted by molar-refractivity contribution is -0.133. The molecule has 0 bridgehead atoms. The molecule has 1 atom stereocenters. The predicted octanol–water partition coefficient (Wildman–Crippen LogP) is 1.46. The number of anilines is 1. The normalized spacial score (nSPS) is 19.9. The molecule has 0 aliphatic carbocycles. The van der Waals surface area contributed by atoms with Crippen molar-refractivity contribution in [1.82, 2.24) is 20.5 Å². The van der Waals surface area contributed by atoms with E-state index in [1.807, 2.05) is 31.0 Å². The highest BCUT2D eigenvalue weighted by atomic mass is 127. The van der Waals surface area contributed by atoms with Gasteiger partial charge in [0.15, 0.2) is 5.96 Å². The minimum absolute atomic E-state index is 0. The number of nitrogens with zero attached hydrogens (tertiary/aromatic N) is 4. The third-order valence-corrected chi connectivity index (χ3v) is 5.18. The Bertz CT molecular complexity index is 693. The number of carbonyl (C=O) groups is 1. The monoisotopic (exact) mass is 516 g/mol. The summed E-state index contributed by atoms with van der Waals surface area (Å²) in [5.74, 6) is 2.02. The second kappa shape index (κ2) is 11.5. The van der Waals surface area contributed by atoms with Gasteiger partial charge in [-0.1, -0.05) is 19.9 Å². The van der Waals surface area contributed by atoms with Crippen LogP contribution in [0.15, 0.2) is 23.3 Å². The Morgan fingerprint density at radius 3 is 2.79 bits per heavy atom. The Morgan fingerprint density at radius 1 is 1.34 bits per heavy atom. The standard InChI is InChI=1S/C20H32N6O2.HI/c1-15(2)19(27)26-8-6-17(14-26)24-20(21-3)23-13-16-5-4-7-22-18(16)25-9-11-28-12-10-25;/h4-5,7,15,17H,6,8-14H2,1-3H3,(H2,21,23,24);1H. The van der Waals surface area contributed by atoms with Crippen LogP contribution in [0, 0.1) is 5.92 Å². The van der Waals surface area contributed by atoms with E-state index in [-0.39, 0.29) is 41.8 Å². The first-order valence-corrected chi connectivity index (χ1v) is 10.1. The van der Waals surface area contributed by atoms with Gasteiger partial charge in [-0.25, -0.2) is 4.98 Å². The Balaban J connectivity index is 0.00000300. The van der Waals surface area contributed by atoms with Gasteiger partial charge in [-0.05, 0) is 12.5 Å². The summed E-state index contributed by atoms with van der Waals surface area (Å²) in [6, 6.07) is 4.28. The van der Waals surface area contributed by atoms with E-state index in [9.17, 15) is 4.79 Å². The van der Waals surface area contributed by atoms with E-state index in [1.54, 1.807) is 7.05 Å². The maximum atomic E-state index is 12.2. The summed E-state index contributed by atoms with van der Waals surface area (Å²) in [6.07, 6.45) is 2.77. The number of amides is 1. The molecule has 3 rings (SSSR count). The van der Waals surface area contributed by atoms with Crippen LogP contribution in [0.5, 0.6) is 0 Å². The Labute approximate surface area is 190 Å². The van der Waals surface area contributed by atoms with Crippen molar-refractivity contribution in [1.29, 1.82) is 0 Å². The number of aromatic nitrogens is 1. The molecular formula is C20H33IN6O2. The number of likely N-dealkylation sites (tertiary alicyclic amines) is 1. The molecule has 29 heavy (non-hydrogen) atoms. The van der Waals surface area contributed by atoms with Gasteiger partial charge in [0.25, 0.3) is 0 Å². The maximum Gasteiger partial charge on any atom is 0.225 e. The second-order valence-corrected chi connectivity index (χ2v) is 7.58. The molecule has 1 aromatic rings. The predicted molar refractivity (Wildman–Crippen MR) is 126 cm³/mol. The summed E-state index contributed by atoms with van der Waals surface area (Å²) in [5, 5.41) is 6.85. The highest BCUT2D eigenvalue weighted by Gasteiger charge is 2.28. The summed E-state index contributed by atoms with van der Waals surface area (Å²) < 4.78 is 5.45. The highest BCUT2D eigenvalue weighted by molar-refractivity contribution is 14.0. The zero-order valence-corrected chi connectivity index (χ0v) is 19.9. The topological polar surface area (TPSA) is 82.1 Å². The molecule has 0 aromatic carbocycles. The number of nitrogens with one attached hydrogen (secondary N) is 2. The fourth-order valence-corrected chi connectivity index (χ4v) is 3.64. The van der Waals surface area contributed by atoms with Gasteiger partial charge in [0.1, 0.15) is 5.82 Å². The van der Waals surface area contributed by atoms with Gasteiger partial charge < -0.3 is 25.2 Å². The summed E-state index contributed by atoms with van der Waals surface area (Å²) in [5.41, 5.74) is 1.13.